The zero-order valence-corrected chi connectivity index (χ0v) is 11.1. The van der Waals surface area contributed by atoms with E-state index in [1.165, 1.54) is 0 Å². The summed E-state index contributed by atoms with van der Waals surface area (Å²) >= 11 is 0. The molecule has 1 aliphatic rings. The molecular formula is C13H22N2O2. The minimum absolute atomic E-state index is 0.0150. The first-order chi connectivity index (χ1) is 7.91. The van der Waals surface area contributed by atoms with E-state index in [9.17, 15) is 9.59 Å². The number of rotatable bonds is 4. The van der Waals surface area contributed by atoms with E-state index in [4.69, 9.17) is 0 Å². The lowest BCUT2D eigenvalue weighted by atomic mass is 9.90. The normalized spacial score (nSPS) is 31.1. The van der Waals surface area contributed by atoms with Crippen molar-refractivity contribution in [2.75, 3.05) is 0 Å². The first-order valence-corrected chi connectivity index (χ1v) is 6.18. The van der Waals surface area contributed by atoms with Crippen LogP contribution >= 0.6 is 0 Å². The SMILES string of the molecule is C=CC(C)N1C(=O)C(C)(CC)NC(=O)C1CC. The maximum absolute atomic E-state index is 12.5. The molecule has 1 aliphatic heterocycles. The average Bonchev–Trinajstić information content (AvgIpc) is 2.32. The number of piperazine rings is 1. The third-order valence-corrected chi connectivity index (χ3v) is 3.62. The lowest BCUT2D eigenvalue weighted by molar-refractivity contribution is -0.156. The minimum atomic E-state index is -0.778. The van der Waals surface area contributed by atoms with Crippen LogP contribution in [0.4, 0.5) is 0 Å². The van der Waals surface area contributed by atoms with E-state index < -0.39 is 5.54 Å². The van der Waals surface area contributed by atoms with E-state index in [1.807, 2.05) is 20.8 Å². The molecule has 0 saturated carbocycles. The van der Waals surface area contributed by atoms with E-state index in [2.05, 4.69) is 11.9 Å². The summed E-state index contributed by atoms with van der Waals surface area (Å²) in [6, 6.07) is -0.500. The molecule has 0 aromatic rings. The number of carbonyl (C=O) groups is 2. The van der Waals surface area contributed by atoms with E-state index in [0.29, 0.717) is 12.8 Å². The fourth-order valence-corrected chi connectivity index (χ4v) is 2.17. The second-order valence-electron chi connectivity index (χ2n) is 4.79. The van der Waals surface area contributed by atoms with Gasteiger partial charge in [-0.2, -0.15) is 0 Å². The molecule has 0 bridgehead atoms. The van der Waals surface area contributed by atoms with Crippen molar-refractivity contribution in [2.45, 2.75) is 58.2 Å². The van der Waals surface area contributed by atoms with Crippen LogP contribution in [-0.2, 0) is 9.59 Å². The van der Waals surface area contributed by atoms with Crippen LogP contribution < -0.4 is 5.32 Å². The Hall–Kier alpha value is -1.32. The monoisotopic (exact) mass is 238 g/mol. The zero-order valence-electron chi connectivity index (χ0n) is 11.1. The van der Waals surface area contributed by atoms with Crippen molar-refractivity contribution in [3.8, 4) is 0 Å². The summed E-state index contributed by atoms with van der Waals surface area (Å²) in [6.45, 7) is 11.2. The Kier molecular flexibility index (Phi) is 3.96. The van der Waals surface area contributed by atoms with E-state index >= 15 is 0 Å². The van der Waals surface area contributed by atoms with Crippen LogP contribution in [0.1, 0.15) is 40.5 Å². The molecule has 0 radical (unpaired) electrons. The van der Waals surface area contributed by atoms with Crippen molar-refractivity contribution < 1.29 is 9.59 Å². The molecule has 0 spiro atoms. The maximum atomic E-state index is 12.5. The topological polar surface area (TPSA) is 49.4 Å². The molecule has 1 rings (SSSR count). The van der Waals surface area contributed by atoms with Gasteiger partial charge in [-0.3, -0.25) is 9.59 Å². The molecule has 1 heterocycles. The van der Waals surface area contributed by atoms with Gasteiger partial charge >= 0.3 is 0 Å². The van der Waals surface area contributed by atoms with Crippen LogP contribution in [0.5, 0.6) is 0 Å². The predicted molar refractivity (Wildman–Crippen MR) is 67.4 cm³/mol. The van der Waals surface area contributed by atoms with Crippen LogP contribution in [-0.4, -0.2) is 34.3 Å². The van der Waals surface area contributed by atoms with Crippen LogP contribution in [0, 0.1) is 0 Å². The van der Waals surface area contributed by atoms with Gasteiger partial charge in [0.05, 0.1) is 0 Å². The Bertz CT molecular complexity index is 340. The van der Waals surface area contributed by atoms with Crippen LogP contribution in [0.25, 0.3) is 0 Å². The molecule has 1 N–H and O–H groups in total. The Morgan fingerprint density at radius 2 is 2.12 bits per heavy atom. The minimum Gasteiger partial charge on any atom is -0.340 e. The van der Waals surface area contributed by atoms with Gasteiger partial charge in [0, 0.05) is 6.04 Å². The largest absolute Gasteiger partial charge is 0.340 e. The zero-order chi connectivity index (χ0) is 13.2. The number of amides is 2. The Balaban J connectivity index is 3.14. The van der Waals surface area contributed by atoms with Crippen molar-refractivity contribution >= 4 is 11.8 Å². The van der Waals surface area contributed by atoms with E-state index in [0.717, 1.165) is 0 Å². The van der Waals surface area contributed by atoms with Crippen LogP contribution in [0.3, 0.4) is 0 Å². The molecule has 0 aliphatic carbocycles. The van der Waals surface area contributed by atoms with Gasteiger partial charge in [-0.05, 0) is 26.7 Å². The smallest absolute Gasteiger partial charge is 0.249 e. The summed E-state index contributed by atoms with van der Waals surface area (Å²) in [7, 11) is 0. The maximum Gasteiger partial charge on any atom is 0.249 e. The first-order valence-electron chi connectivity index (χ1n) is 6.18. The molecule has 2 amide bonds. The molecule has 4 nitrogen and oxygen atoms in total. The molecule has 1 fully saturated rings. The van der Waals surface area contributed by atoms with Gasteiger partial charge in [0.15, 0.2) is 0 Å². The van der Waals surface area contributed by atoms with Gasteiger partial charge in [-0.25, -0.2) is 0 Å². The fourth-order valence-electron chi connectivity index (χ4n) is 2.17. The summed E-state index contributed by atoms with van der Waals surface area (Å²) in [5.41, 5.74) is -0.778. The van der Waals surface area contributed by atoms with E-state index in [1.54, 1.807) is 17.9 Å². The molecule has 96 valence electrons. The van der Waals surface area contributed by atoms with Crippen molar-refractivity contribution in [2.24, 2.45) is 0 Å². The Labute approximate surface area is 103 Å². The fraction of sp³-hybridized carbons (Fsp3) is 0.692. The van der Waals surface area contributed by atoms with Gasteiger partial charge < -0.3 is 10.2 Å². The second kappa shape index (κ2) is 4.90. The Morgan fingerprint density at radius 3 is 2.53 bits per heavy atom. The average molecular weight is 238 g/mol. The van der Waals surface area contributed by atoms with Gasteiger partial charge in [-0.15, -0.1) is 6.58 Å². The highest BCUT2D eigenvalue weighted by atomic mass is 16.2. The molecule has 17 heavy (non-hydrogen) atoms. The lowest BCUT2D eigenvalue weighted by Gasteiger charge is -2.46. The highest BCUT2D eigenvalue weighted by molar-refractivity contribution is 5.99. The summed E-state index contributed by atoms with van der Waals surface area (Å²) in [4.78, 5) is 26.2. The molecule has 1 saturated heterocycles. The summed E-state index contributed by atoms with van der Waals surface area (Å²) < 4.78 is 0. The van der Waals surface area contributed by atoms with Crippen molar-refractivity contribution in [3.63, 3.8) is 0 Å². The number of hydrogen-bond acceptors (Lipinski definition) is 2. The van der Waals surface area contributed by atoms with Crippen LogP contribution in [0.2, 0.25) is 0 Å². The second-order valence-corrected chi connectivity index (χ2v) is 4.79. The summed E-state index contributed by atoms with van der Waals surface area (Å²) in [6.07, 6.45) is 2.92. The van der Waals surface area contributed by atoms with Crippen LogP contribution in [0.15, 0.2) is 12.7 Å². The molecule has 0 aromatic heterocycles. The van der Waals surface area contributed by atoms with Crippen molar-refractivity contribution in [3.05, 3.63) is 12.7 Å². The quantitative estimate of drug-likeness (QED) is 0.754. The number of carbonyl (C=O) groups excluding carboxylic acids is 2. The highest BCUT2D eigenvalue weighted by Crippen LogP contribution is 2.25. The number of nitrogens with zero attached hydrogens (tertiary/aromatic N) is 1. The van der Waals surface area contributed by atoms with Crippen molar-refractivity contribution in [1.29, 1.82) is 0 Å². The van der Waals surface area contributed by atoms with E-state index in [-0.39, 0.29) is 23.9 Å². The molecule has 3 unspecified atom stereocenters. The standard InChI is InChI=1S/C13H22N2O2/c1-6-9(4)15-10(7-2)11(16)14-13(5,8-3)12(15)17/h6,9-10H,1,7-8H2,2-5H3,(H,14,16). The lowest BCUT2D eigenvalue weighted by Crippen LogP contribution is -2.70. The molecule has 4 heteroatoms. The highest BCUT2D eigenvalue weighted by Gasteiger charge is 2.47. The molecule has 0 aromatic carbocycles. The van der Waals surface area contributed by atoms with Gasteiger partial charge in [-0.1, -0.05) is 19.9 Å². The van der Waals surface area contributed by atoms with Gasteiger partial charge in [0.1, 0.15) is 11.6 Å². The number of nitrogens with one attached hydrogen (secondary N) is 1. The van der Waals surface area contributed by atoms with Gasteiger partial charge in [0.2, 0.25) is 11.8 Å². The molecular weight excluding hydrogens is 216 g/mol. The predicted octanol–water partition coefficient (Wildman–Crippen LogP) is 1.47. The van der Waals surface area contributed by atoms with Crippen molar-refractivity contribution in [1.82, 2.24) is 10.2 Å². The van der Waals surface area contributed by atoms with Gasteiger partial charge in [0.25, 0.3) is 0 Å². The Morgan fingerprint density at radius 1 is 1.53 bits per heavy atom. The number of hydrogen-bond donors (Lipinski definition) is 1. The molecule has 3 atom stereocenters. The summed E-state index contributed by atoms with van der Waals surface area (Å²) in [5, 5.41) is 2.84. The summed E-state index contributed by atoms with van der Waals surface area (Å²) in [5.74, 6) is -0.0796. The third-order valence-electron chi connectivity index (χ3n) is 3.62. The third kappa shape index (κ3) is 2.21. The first kappa shape index (κ1) is 13.7.